The van der Waals surface area contributed by atoms with Gasteiger partial charge < -0.3 is 9.84 Å². The Balaban J connectivity index is 2.23. The summed E-state index contributed by atoms with van der Waals surface area (Å²) < 4.78 is 5.08. The predicted octanol–water partition coefficient (Wildman–Crippen LogP) is 2.52. The molecular formula is C13H16O3. The Morgan fingerprint density at radius 3 is 2.25 bits per heavy atom. The van der Waals surface area contributed by atoms with Crippen LogP contribution in [0.5, 0.6) is 5.75 Å². The topological polar surface area (TPSA) is 46.5 Å². The fourth-order valence-electron chi connectivity index (χ4n) is 2.53. The lowest BCUT2D eigenvalue weighted by atomic mass is 10.0. The molecule has 2 atom stereocenters. The Morgan fingerprint density at radius 2 is 1.88 bits per heavy atom. The number of benzene rings is 1. The molecule has 16 heavy (non-hydrogen) atoms. The standard InChI is InChI=1S/C13H16O3/c1-13(2)10(11(13)12(14)15)8-4-6-9(16-3)7-5-8/h4-7,10-11H,1-3H3,(H,14,15). The quantitative estimate of drug-likeness (QED) is 0.851. The highest BCUT2D eigenvalue weighted by molar-refractivity contribution is 5.77. The zero-order valence-corrected chi connectivity index (χ0v) is 9.73. The average molecular weight is 220 g/mol. The molecule has 0 radical (unpaired) electrons. The van der Waals surface area contributed by atoms with Gasteiger partial charge in [-0.2, -0.15) is 0 Å². The third kappa shape index (κ3) is 1.56. The van der Waals surface area contributed by atoms with Crippen LogP contribution in [0.15, 0.2) is 24.3 Å². The van der Waals surface area contributed by atoms with Gasteiger partial charge in [0, 0.05) is 5.92 Å². The van der Waals surface area contributed by atoms with Crippen LogP contribution in [0, 0.1) is 11.3 Å². The summed E-state index contributed by atoms with van der Waals surface area (Å²) in [4.78, 5) is 11.1. The first-order chi connectivity index (χ1) is 7.48. The normalized spacial score (nSPS) is 26.2. The molecule has 2 unspecified atom stereocenters. The highest BCUT2D eigenvalue weighted by atomic mass is 16.5. The van der Waals surface area contributed by atoms with Crippen LogP contribution in [0.3, 0.4) is 0 Å². The molecule has 1 aliphatic carbocycles. The second-order valence-electron chi connectivity index (χ2n) is 4.89. The number of carbonyl (C=O) groups is 1. The molecule has 1 N–H and O–H groups in total. The molecule has 1 aliphatic rings. The van der Waals surface area contributed by atoms with Crippen molar-refractivity contribution in [3.8, 4) is 5.75 Å². The van der Waals surface area contributed by atoms with Gasteiger partial charge in [-0.25, -0.2) is 0 Å². The molecule has 0 bridgehead atoms. The van der Waals surface area contributed by atoms with Gasteiger partial charge in [-0.05, 0) is 23.1 Å². The molecule has 0 spiro atoms. The molecule has 3 heteroatoms. The van der Waals surface area contributed by atoms with Crippen molar-refractivity contribution in [2.24, 2.45) is 11.3 Å². The maximum Gasteiger partial charge on any atom is 0.307 e. The second kappa shape index (κ2) is 3.51. The Labute approximate surface area is 95.0 Å². The summed E-state index contributed by atoms with van der Waals surface area (Å²) in [6.07, 6.45) is 0. The van der Waals surface area contributed by atoms with Crippen molar-refractivity contribution in [2.75, 3.05) is 7.11 Å². The summed E-state index contributed by atoms with van der Waals surface area (Å²) in [6, 6.07) is 7.66. The first-order valence-corrected chi connectivity index (χ1v) is 5.35. The minimum absolute atomic E-state index is 0.121. The Morgan fingerprint density at radius 1 is 1.31 bits per heavy atom. The van der Waals surface area contributed by atoms with Gasteiger partial charge in [-0.1, -0.05) is 26.0 Å². The van der Waals surface area contributed by atoms with Crippen LogP contribution in [0.25, 0.3) is 0 Å². The van der Waals surface area contributed by atoms with E-state index in [2.05, 4.69) is 0 Å². The number of methoxy groups -OCH3 is 1. The number of aliphatic carboxylic acids is 1. The smallest absolute Gasteiger partial charge is 0.307 e. The molecule has 3 nitrogen and oxygen atoms in total. The fourth-order valence-corrected chi connectivity index (χ4v) is 2.53. The van der Waals surface area contributed by atoms with Crippen LogP contribution in [0.2, 0.25) is 0 Å². The molecule has 1 aromatic carbocycles. The van der Waals surface area contributed by atoms with Gasteiger partial charge in [0.15, 0.2) is 0 Å². The molecule has 86 valence electrons. The maximum atomic E-state index is 11.1. The van der Waals surface area contributed by atoms with E-state index in [1.165, 1.54) is 0 Å². The molecular weight excluding hydrogens is 204 g/mol. The summed E-state index contributed by atoms with van der Waals surface area (Å²) in [7, 11) is 1.62. The van der Waals surface area contributed by atoms with Crippen molar-refractivity contribution in [1.29, 1.82) is 0 Å². The van der Waals surface area contributed by atoms with Crippen molar-refractivity contribution < 1.29 is 14.6 Å². The summed E-state index contributed by atoms with van der Waals surface area (Å²) >= 11 is 0. The zero-order valence-electron chi connectivity index (χ0n) is 9.73. The van der Waals surface area contributed by atoms with Crippen molar-refractivity contribution in [3.63, 3.8) is 0 Å². The molecule has 0 heterocycles. The highest BCUT2D eigenvalue weighted by Gasteiger charge is 2.62. The Bertz CT molecular complexity index is 406. The lowest BCUT2D eigenvalue weighted by Gasteiger charge is -2.04. The van der Waals surface area contributed by atoms with Gasteiger partial charge in [0.2, 0.25) is 0 Å². The van der Waals surface area contributed by atoms with Gasteiger partial charge in [0.05, 0.1) is 13.0 Å². The van der Waals surface area contributed by atoms with E-state index < -0.39 is 5.97 Å². The van der Waals surface area contributed by atoms with Gasteiger partial charge in [0.1, 0.15) is 5.75 Å². The van der Waals surface area contributed by atoms with E-state index in [0.717, 1.165) is 11.3 Å². The fraction of sp³-hybridized carbons (Fsp3) is 0.462. The first kappa shape index (κ1) is 11.0. The molecule has 0 saturated heterocycles. The number of hydrogen-bond acceptors (Lipinski definition) is 2. The van der Waals surface area contributed by atoms with Crippen LogP contribution in [-0.2, 0) is 4.79 Å². The minimum Gasteiger partial charge on any atom is -0.497 e. The van der Waals surface area contributed by atoms with E-state index in [0.29, 0.717) is 0 Å². The summed E-state index contributed by atoms with van der Waals surface area (Å²) in [5.74, 6) is -0.0447. The first-order valence-electron chi connectivity index (χ1n) is 5.35. The van der Waals surface area contributed by atoms with Gasteiger partial charge in [0.25, 0.3) is 0 Å². The van der Waals surface area contributed by atoms with Crippen molar-refractivity contribution in [2.45, 2.75) is 19.8 Å². The van der Waals surface area contributed by atoms with Crippen LogP contribution in [0.1, 0.15) is 25.3 Å². The molecule has 1 aromatic rings. The monoisotopic (exact) mass is 220 g/mol. The molecule has 1 saturated carbocycles. The molecule has 1 fully saturated rings. The van der Waals surface area contributed by atoms with Crippen molar-refractivity contribution in [1.82, 2.24) is 0 Å². The van der Waals surface area contributed by atoms with Crippen molar-refractivity contribution in [3.05, 3.63) is 29.8 Å². The van der Waals surface area contributed by atoms with E-state index in [4.69, 9.17) is 9.84 Å². The number of carboxylic acid groups (broad SMARTS) is 1. The second-order valence-corrected chi connectivity index (χ2v) is 4.89. The molecule has 0 aliphatic heterocycles. The van der Waals surface area contributed by atoms with E-state index in [9.17, 15) is 4.79 Å². The largest absolute Gasteiger partial charge is 0.497 e. The lowest BCUT2D eigenvalue weighted by Crippen LogP contribution is -2.03. The van der Waals surface area contributed by atoms with E-state index >= 15 is 0 Å². The summed E-state index contributed by atoms with van der Waals surface area (Å²) in [6.45, 7) is 4.00. The van der Waals surface area contributed by atoms with Crippen LogP contribution in [-0.4, -0.2) is 18.2 Å². The summed E-state index contributed by atoms with van der Waals surface area (Å²) in [5, 5.41) is 9.10. The van der Waals surface area contributed by atoms with E-state index in [1.54, 1.807) is 7.11 Å². The van der Waals surface area contributed by atoms with E-state index in [1.807, 2.05) is 38.1 Å². The third-order valence-corrected chi connectivity index (χ3v) is 3.57. The number of rotatable bonds is 3. The van der Waals surface area contributed by atoms with Crippen molar-refractivity contribution >= 4 is 5.97 Å². The van der Waals surface area contributed by atoms with E-state index in [-0.39, 0.29) is 17.3 Å². The number of carboxylic acids is 1. The highest BCUT2D eigenvalue weighted by Crippen LogP contribution is 2.64. The number of ether oxygens (including phenoxy) is 1. The summed E-state index contributed by atoms with van der Waals surface area (Å²) in [5.41, 5.74) is 0.943. The van der Waals surface area contributed by atoms with Crippen LogP contribution >= 0.6 is 0 Å². The number of hydrogen-bond donors (Lipinski definition) is 1. The van der Waals surface area contributed by atoms with Crippen LogP contribution in [0.4, 0.5) is 0 Å². The van der Waals surface area contributed by atoms with Gasteiger partial charge in [-0.15, -0.1) is 0 Å². The van der Waals surface area contributed by atoms with Gasteiger partial charge >= 0.3 is 5.97 Å². The zero-order chi connectivity index (χ0) is 11.9. The molecule has 0 aromatic heterocycles. The minimum atomic E-state index is -0.703. The SMILES string of the molecule is COc1ccc(C2C(C(=O)O)C2(C)C)cc1. The Hall–Kier alpha value is -1.51. The lowest BCUT2D eigenvalue weighted by molar-refractivity contribution is -0.139. The average Bonchev–Trinajstić information content (AvgIpc) is 2.82. The third-order valence-electron chi connectivity index (χ3n) is 3.57. The predicted molar refractivity (Wildman–Crippen MR) is 60.6 cm³/mol. The molecule has 0 amide bonds. The van der Waals surface area contributed by atoms with Gasteiger partial charge in [-0.3, -0.25) is 4.79 Å². The molecule has 2 rings (SSSR count). The maximum absolute atomic E-state index is 11.1. The Kier molecular flexibility index (Phi) is 2.41. The van der Waals surface area contributed by atoms with Crippen LogP contribution < -0.4 is 4.74 Å².